The molecule has 3 N–H and O–H groups in total. The summed E-state index contributed by atoms with van der Waals surface area (Å²) in [5.41, 5.74) is 5.73. The third-order valence-electron chi connectivity index (χ3n) is 4.73. The predicted octanol–water partition coefficient (Wildman–Crippen LogP) is 1.08. The second-order valence-electron chi connectivity index (χ2n) is 7.61. The van der Waals surface area contributed by atoms with Crippen molar-refractivity contribution < 1.29 is 14.4 Å². The van der Waals surface area contributed by atoms with Gasteiger partial charge < -0.3 is 20.6 Å². The Labute approximate surface area is 144 Å². The fourth-order valence-corrected chi connectivity index (χ4v) is 3.46. The summed E-state index contributed by atoms with van der Waals surface area (Å²) in [7, 11) is 0. The smallest absolute Gasteiger partial charge is 0.261 e. The van der Waals surface area contributed by atoms with E-state index in [9.17, 15) is 4.79 Å². The number of amidine groups is 1. The van der Waals surface area contributed by atoms with Gasteiger partial charge in [0.05, 0.1) is 18.8 Å². The van der Waals surface area contributed by atoms with Gasteiger partial charge in [-0.25, -0.2) is 0 Å². The van der Waals surface area contributed by atoms with Crippen LogP contribution >= 0.6 is 0 Å². The maximum Gasteiger partial charge on any atom is 0.261 e. The van der Waals surface area contributed by atoms with E-state index in [1.807, 2.05) is 0 Å². The Morgan fingerprint density at radius 3 is 2.88 bits per heavy atom. The van der Waals surface area contributed by atoms with Crippen LogP contribution < -0.4 is 11.1 Å². The molecule has 138 valence electrons. The van der Waals surface area contributed by atoms with Gasteiger partial charge >= 0.3 is 0 Å². The van der Waals surface area contributed by atoms with Gasteiger partial charge in [0.1, 0.15) is 0 Å². The number of rotatable bonds is 6. The predicted molar refractivity (Wildman–Crippen MR) is 93.6 cm³/mol. The minimum absolute atomic E-state index is 0.0848. The molecular weight excluding hydrogens is 308 g/mol. The van der Waals surface area contributed by atoms with Crippen molar-refractivity contribution in [1.29, 1.82) is 0 Å². The van der Waals surface area contributed by atoms with Crippen molar-refractivity contribution in [2.45, 2.75) is 58.1 Å². The highest BCUT2D eigenvalue weighted by Crippen LogP contribution is 2.23. The van der Waals surface area contributed by atoms with Crippen LogP contribution in [-0.4, -0.2) is 61.1 Å². The fourth-order valence-electron chi connectivity index (χ4n) is 3.46. The molecule has 7 heteroatoms. The van der Waals surface area contributed by atoms with Crippen LogP contribution in [0.15, 0.2) is 5.16 Å². The minimum atomic E-state index is -0.171. The minimum Gasteiger partial charge on any atom is -0.384 e. The van der Waals surface area contributed by atoms with Gasteiger partial charge in [0, 0.05) is 19.1 Å². The fraction of sp³-hybridized carbons (Fsp3) is 0.882. The summed E-state index contributed by atoms with van der Waals surface area (Å²) < 4.78 is 5.66. The third kappa shape index (κ3) is 6.28. The summed E-state index contributed by atoms with van der Waals surface area (Å²) in [4.78, 5) is 19.2. The molecule has 0 spiro atoms. The molecule has 0 unspecified atom stereocenters. The number of nitrogens with one attached hydrogen (secondary N) is 1. The number of hydrogen-bond donors (Lipinski definition) is 2. The number of ether oxygens (including phenoxy) is 1. The molecule has 1 aliphatic heterocycles. The second kappa shape index (κ2) is 8.67. The van der Waals surface area contributed by atoms with Crippen LogP contribution in [0, 0.1) is 5.92 Å². The third-order valence-corrected chi connectivity index (χ3v) is 4.73. The highest BCUT2D eigenvalue weighted by atomic mass is 16.6. The lowest BCUT2D eigenvalue weighted by Gasteiger charge is -2.37. The maximum absolute atomic E-state index is 11.9. The molecule has 1 heterocycles. The summed E-state index contributed by atoms with van der Waals surface area (Å²) in [5.74, 6) is 0.783. The van der Waals surface area contributed by atoms with Crippen LogP contribution in [0.2, 0.25) is 0 Å². The van der Waals surface area contributed by atoms with Gasteiger partial charge in [0.2, 0.25) is 0 Å². The van der Waals surface area contributed by atoms with Crippen molar-refractivity contribution in [3.05, 3.63) is 0 Å². The zero-order valence-electron chi connectivity index (χ0n) is 15.2. The zero-order chi connectivity index (χ0) is 17.6. The molecule has 24 heavy (non-hydrogen) atoms. The number of amides is 1. The van der Waals surface area contributed by atoms with Gasteiger partial charge in [-0.15, -0.1) is 0 Å². The maximum atomic E-state index is 11.9. The Morgan fingerprint density at radius 2 is 2.17 bits per heavy atom. The van der Waals surface area contributed by atoms with Gasteiger partial charge in [0.15, 0.2) is 12.4 Å². The first-order valence-corrected chi connectivity index (χ1v) is 8.96. The summed E-state index contributed by atoms with van der Waals surface area (Å²) >= 11 is 0. The monoisotopic (exact) mass is 340 g/mol. The molecule has 0 aromatic carbocycles. The molecule has 1 saturated heterocycles. The largest absolute Gasteiger partial charge is 0.384 e. The number of carbonyl (C=O) groups is 1. The van der Waals surface area contributed by atoms with Gasteiger partial charge in [-0.3, -0.25) is 9.69 Å². The van der Waals surface area contributed by atoms with Crippen LogP contribution in [0.3, 0.4) is 0 Å². The van der Waals surface area contributed by atoms with E-state index in [1.54, 1.807) is 0 Å². The highest BCUT2D eigenvalue weighted by molar-refractivity contribution is 5.82. The SMILES string of the molecule is C[C@H]1CCCC[C@@H]1NC(=O)CO/N=C(\N)CN1CCOC(C)(C)C1. The topological polar surface area (TPSA) is 89.2 Å². The summed E-state index contributed by atoms with van der Waals surface area (Å²) in [6.45, 7) is 9.03. The van der Waals surface area contributed by atoms with E-state index in [2.05, 4.69) is 36.1 Å². The molecule has 2 aliphatic rings. The van der Waals surface area contributed by atoms with Crippen molar-refractivity contribution in [1.82, 2.24) is 10.2 Å². The molecule has 0 aromatic heterocycles. The van der Waals surface area contributed by atoms with E-state index in [0.717, 1.165) is 19.5 Å². The average molecular weight is 340 g/mol. The number of hydrogen-bond acceptors (Lipinski definition) is 5. The van der Waals surface area contributed by atoms with Crippen molar-refractivity contribution in [2.75, 3.05) is 32.8 Å². The number of carbonyl (C=O) groups excluding carboxylic acids is 1. The summed E-state index contributed by atoms with van der Waals surface area (Å²) in [6.07, 6.45) is 4.65. The van der Waals surface area contributed by atoms with E-state index in [-0.39, 0.29) is 24.2 Å². The van der Waals surface area contributed by atoms with Crippen LogP contribution in [0.4, 0.5) is 0 Å². The van der Waals surface area contributed by atoms with E-state index in [4.69, 9.17) is 15.3 Å². The standard InChI is InChI=1S/C17H32N4O3/c1-13-6-4-5-7-14(13)19-16(22)11-24-20-15(18)10-21-8-9-23-17(2,3)12-21/h13-14H,4-12H2,1-3H3,(H2,18,20)(H,19,22)/t13-,14-/m0/s1. The molecule has 0 radical (unpaired) electrons. The Kier molecular flexibility index (Phi) is 6.86. The Hall–Kier alpha value is -1.34. The van der Waals surface area contributed by atoms with E-state index in [0.29, 0.717) is 24.9 Å². The molecular formula is C17H32N4O3. The second-order valence-corrected chi connectivity index (χ2v) is 7.61. The van der Waals surface area contributed by atoms with Crippen LogP contribution in [0.1, 0.15) is 46.5 Å². The molecule has 2 rings (SSSR count). The molecule has 1 amide bonds. The molecule has 1 saturated carbocycles. The van der Waals surface area contributed by atoms with Gasteiger partial charge in [-0.2, -0.15) is 0 Å². The zero-order valence-corrected chi connectivity index (χ0v) is 15.2. The number of nitrogens with two attached hydrogens (primary N) is 1. The first kappa shape index (κ1) is 19.0. The Balaban J connectivity index is 1.67. The van der Waals surface area contributed by atoms with Crippen molar-refractivity contribution in [3.8, 4) is 0 Å². The number of oxime groups is 1. The van der Waals surface area contributed by atoms with Crippen molar-refractivity contribution >= 4 is 11.7 Å². The normalized spacial score (nSPS) is 28.4. The number of nitrogens with zero attached hydrogens (tertiary/aromatic N) is 2. The highest BCUT2D eigenvalue weighted by Gasteiger charge is 2.27. The van der Waals surface area contributed by atoms with Crippen molar-refractivity contribution in [3.63, 3.8) is 0 Å². The van der Waals surface area contributed by atoms with E-state index >= 15 is 0 Å². The lowest BCUT2D eigenvalue weighted by molar-refractivity contribution is -0.127. The van der Waals surface area contributed by atoms with Crippen LogP contribution in [-0.2, 0) is 14.4 Å². The summed E-state index contributed by atoms with van der Waals surface area (Å²) in [6, 6.07) is 0.256. The first-order chi connectivity index (χ1) is 11.4. The van der Waals surface area contributed by atoms with Crippen LogP contribution in [0.5, 0.6) is 0 Å². The lowest BCUT2D eigenvalue weighted by Crippen LogP contribution is -2.50. The molecule has 2 fully saturated rings. The molecule has 0 aromatic rings. The summed E-state index contributed by atoms with van der Waals surface area (Å²) in [5, 5.41) is 6.90. The molecule has 2 atom stereocenters. The van der Waals surface area contributed by atoms with Crippen molar-refractivity contribution in [2.24, 2.45) is 16.8 Å². The average Bonchev–Trinajstić information content (AvgIpc) is 2.48. The van der Waals surface area contributed by atoms with Gasteiger partial charge in [-0.05, 0) is 32.6 Å². The molecule has 0 bridgehead atoms. The van der Waals surface area contributed by atoms with Gasteiger partial charge in [0.25, 0.3) is 5.91 Å². The Bertz CT molecular complexity index is 453. The van der Waals surface area contributed by atoms with Crippen LogP contribution in [0.25, 0.3) is 0 Å². The Morgan fingerprint density at radius 1 is 1.42 bits per heavy atom. The molecule has 7 nitrogen and oxygen atoms in total. The van der Waals surface area contributed by atoms with E-state index < -0.39 is 0 Å². The lowest BCUT2D eigenvalue weighted by atomic mass is 9.86. The number of morpholine rings is 1. The quantitative estimate of drug-likeness (QED) is 0.429. The molecule has 1 aliphatic carbocycles. The first-order valence-electron chi connectivity index (χ1n) is 8.96. The van der Waals surface area contributed by atoms with Gasteiger partial charge in [-0.1, -0.05) is 24.9 Å². The van der Waals surface area contributed by atoms with E-state index in [1.165, 1.54) is 19.3 Å².